The van der Waals surface area contributed by atoms with Crippen molar-refractivity contribution >= 4 is 23.4 Å². The molecule has 0 saturated heterocycles. The Kier molecular flexibility index (Phi) is 5.17. The molecule has 2 rings (SSSR count). The Hall–Kier alpha value is -1.82. The van der Waals surface area contributed by atoms with E-state index in [1.165, 1.54) is 5.56 Å². The van der Waals surface area contributed by atoms with Crippen LogP contribution in [0.25, 0.3) is 0 Å². The van der Waals surface area contributed by atoms with Crippen LogP contribution in [-0.4, -0.2) is 34.8 Å². The Morgan fingerprint density at radius 3 is 2.60 bits per heavy atom. The quantitative estimate of drug-likeness (QED) is 0.652. The molecular formula is C14H19N5S. The van der Waals surface area contributed by atoms with E-state index in [1.54, 1.807) is 11.8 Å². The first-order valence-corrected chi connectivity index (χ1v) is 7.74. The smallest absolute Gasteiger partial charge is 0.191 e. The van der Waals surface area contributed by atoms with Gasteiger partial charge < -0.3 is 10.2 Å². The number of aromatic nitrogens is 3. The lowest BCUT2D eigenvalue weighted by Gasteiger charge is -2.22. The van der Waals surface area contributed by atoms with Crippen LogP contribution in [0.2, 0.25) is 0 Å². The minimum atomic E-state index is 0.778. The van der Waals surface area contributed by atoms with Gasteiger partial charge in [-0.2, -0.15) is 0 Å². The van der Waals surface area contributed by atoms with E-state index in [4.69, 9.17) is 0 Å². The summed E-state index contributed by atoms with van der Waals surface area (Å²) >= 11 is 1.55. The van der Waals surface area contributed by atoms with E-state index < -0.39 is 0 Å². The third-order valence-electron chi connectivity index (χ3n) is 2.96. The van der Waals surface area contributed by atoms with E-state index in [1.807, 2.05) is 43.9 Å². The lowest BCUT2D eigenvalue weighted by Crippen LogP contribution is -2.23. The largest absolute Gasteiger partial charge is 0.373 e. The van der Waals surface area contributed by atoms with Crippen molar-refractivity contribution in [3.8, 4) is 0 Å². The molecule has 0 aliphatic heterocycles. The number of thioether (sulfide) groups is 1. The van der Waals surface area contributed by atoms with Gasteiger partial charge in [-0.25, -0.2) is 9.97 Å². The topological polar surface area (TPSA) is 53.9 Å². The molecule has 1 N–H and O–H groups in total. The van der Waals surface area contributed by atoms with Crippen molar-refractivity contribution in [2.45, 2.75) is 18.6 Å². The lowest BCUT2D eigenvalue weighted by molar-refractivity contribution is 0.792. The van der Waals surface area contributed by atoms with Crippen LogP contribution in [0.15, 0.2) is 35.7 Å². The molecule has 0 aliphatic carbocycles. The van der Waals surface area contributed by atoms with E-state index in [0.29, 0.717) is 0 Å². The van der Waals surface area contributed by atoms with Gasteiger partial charge in [0, 0.05) is 38.6 Å². The van der Waals surface area contributed by atoms with Crippen molar-refractivity contribution in [3.63, 3.8) is 0 Å². The molecule has 0 unspecified atom stereocenters. The van der Waals surface area contributed by atoms with E-state index in [0.717, 1.165) is 29.9 Å². The maximum absolute atomic E-state index is 4.59. The fourth-order valence-corrected chi connectivity index (χ4v) is 2.23. The number of anilines is 2. The van der Waals surface area contributed by atoms with E-state index in [-0.39, 0.29) is 0 Å². The van der Waals surface area contributed by atoms with Crippen LogP contribution >= 0.6 is 11.8 Å². The van der Waals surface area contributed by atoms with Gasteiger partial charge in [-0.1, -0.05) is 11.8 Å². The molecule has 0 radical (unpaired) electrons. The summed E-state index contributed by atoms with van der Waals surface area (Å²) in [5.74, 6) is 1.78. The van der Waals surface area contributed by atoms with Crippen LogP contribution in [0.1, 0.15) is 12.5 Å². The van der Waals surface area contributed by atoms with Gasteiger partial charge in [-0.3, -0.25) is 4.98 Å². The molecular weight excluding hydrogens is 270 g/mol. The van der Waals surface area contributed by atoms with Gasteiger partial charge in [-0.15, -0.1) is 0 Å². The third-order valence-corrected chi connectivity index (χ3v) is 3.51. The second-order valence-corrected chi connectivity index (χ2v) is 4.99. The van der Waals surface area contributed by atoms with E-state index in [9.17, 15) is 0 Å². The van der Waals surface area contributed by atoms with Gasteiger partial charge in [-0.05, 0) is 30.9 Å². The molecule has 0 amide bonds. The van der Waals surface area contributed by atoms with Crippen molar-refractivity contribution in [2.24, 2.45) is 0 Å². The minimum absolute atomic E-state index is 0.778. The summed E-state index contributed by atoms with van der Waals surface area (Å²) in [5, 5.41) is 3.86. The minimum Gasteiger partial charge on any atom is -0.373 e. The lowest BCUT2D eigenvalue weighted by atomic mass is 10.2. The average molecular weight is 289 g/mol. The number of nitrogens with zero attached hydrogens (tertiary/aromatic N) is 4. The molecule has 6 heteroatoms. The van der Waals surface area contributed by atoms with Crippen molar-refractivity contribution in [2.75, 3.05) is 30.1 Å². The fraction of sp³-hybridized carbons (Fsp3) is 0.357. The highest BCUT2D eigenvalue weighted by Gasteiger charge is 2.10. The van der Waals surface area contributed by atoms with Gasteiger partial charge in [0.1, 0.15) is 11.6 Å². The average Bonchev–Trinajstić information content (AvgIpc) is 2.53. The molecule has 106 valence electrons. The Labute approximate surface area is 123 Å². The summed E-state index contributed by atoms with van der Waals surface area (Å²) in [4.78, 5) is 15.3. The summed E-state index contributed by atoms with van der Waals surface area (Å²) in [6.07, 6.45) is 5.61. The summed E-state index contributed by atoms with van der Waals surface area (Å²) < 4.78 is 0. The van der Waals surface area contributed by atoms with Gasteiger partial charge in [0.2, 0.25) is 0 Å². The van der Waals surface area contributed by atoms with Gasteiger partial charge in [0.15, 0.2) is 5.16 Å². The highest BCUT2D eigenvalue weighted by molar-refractivity contribution is 7.98. The van der Waals surface area contributed by atoms with E-state index >= 15 is 0 Å². The predicted octanol–water partition coefficient (Wildman–Crippen LogP) is 2.66. The highest BCUT2D eigenvalue weighted by atomic mass is 32.2. The summed E-state index contributed by atoms with van der Waals surface area (Å²) in [6.45, 7) is 3.82. The van der Waals surface area contributed by atoms with E-state index in [2.05, 4.69) is 32.1 Å². The Morgan fingerprint density at radius 2 is 2.00 bits per heavy atom. The van der Waals surface area contributed by atoms with Crippen molar-refractivity contribution in [1.29, 1.82) is 0 Å². The van der Waals surface area contributed by atoms with Gasteiger partial charge in [0.25, 0.3) is 0 Å². The predicted molar refractivity (Wildman–Crippen MR) is 84.3 cm³/mol. The van der Waals surface area contributed by atoms with Gasteiger partial charge >= 0.3 is 0 Å². The molecule has 0 aromatic carbocycles. The molecule has 5 nitrogen and oxygen atoms in total. The SMILES string of the molecule is CCN(Cc1ccncc1)c1cc(NC)nc(SC)n1. The van der Waals surface area contributed by atoms with Crippen LogP contribution in [0.4, 0.5) is 11.6 Å². The number of rotatable bonds is 6. The summed E-state index contributed by atoms with van der Waals surface area (Å²) in [7, 11) is 1.87. The Morgan fingerprint density at radius 1 is 1.25 bits per heavy atom. The monoisotopic (exact) mass is 289 g/mol. The second kappa shape index (κ2) is 7.09. The summed E-state index contributed by atoms with van der Waals surface area (Å²) in [5.41, 5.74) is 1.22. The van der Waals surface area contributed by atoms with Gasteiger partial charge in [0.05, 0.1) is 0 Å². The molecule has 2 heterocycles. The first-order chi connectivity index (χ1) is 9.76. The fourth-order valence-electron chi connectivity index (χ4n) is 1.86. The third kappa shape index (κ3) is 3.60. The molecule has 0 saturated carbocycles. The molecule has 20 heavy (non-hydrogen) atoms. The van der Waals surface area contributed by atoms with Crippen LogP contribution in [-0.2, 0) is 6.54 Å². The first kappa shape index (κ1) is 14.6. The summed E-state index contributed by atoms with van der Waals surface area (Å²) in [6, 6.07) is 6.03. The number of nitrogens with one attached hydrogen (secondary N) is 1. The number of hydrogen-bond donors (Lipinski definition) is 1. The zero-order chi connectivity index (χ0) is 14.4. The zero-order valence-corrected chi connectivity index (χ0v) is 12.8. The maximum atomic E-state index is 4.59. The molecule has 0 aliphatic rings. The molecule has 0 fully saturated rings. The van der Waals surface area contributed by atoms with Crippen molar-refractivity contribution in [3.05, 3.63) is 36.2 Å². The van der Waals surface area contributed by atoms with Crippen molar-refractivity contribution < 1.29 is 0 Å². The second-order valence-electron chi connectivity index (χ2n) is 4.22. The normalized spacial score (nSPS) is 10.3. The molecule has 0 bridgehead atoms. The highest BCUT2D eigenvalue weighted by Crippen LogP contribution is 2.21. The Bertz CT molecular complexity index is 524. The van der Waals surface area contributed by atoms with Crippen LogP contribution < -0.4 is 10.2 Å². The molecule has 0 atom stereocenters. The first-order valence-electron chi connectivity index (χ1n) is 6.51. The van der Waals surface area contributed by atoms with Crippen LogP contribution in [0.3, 0.4) is 0 Å². The Balaban J connectivity index is 2.26. The molecule has 2 aromatic heterocycles. The molecule has 2 aromatic rings. The number of pyridine rings is 1. The number of hydrogen-bond acceptors (Lipinski definition) is 6. The molecule has 0 spiro atoms. The van der Waals surface area contributed by atoms with Crippen LogP contribution in [0.5, 0.6) is 0 Å². The standard InChI is InChI=1S/C14H19N5S/c1-4-19(10-11-5-7-16-8-6-11)13-9-12(15-2)17-14(18-13)20-3/h5-9H,4,10H2,1-3H3,(H,15,17,18). The van der Waals surface area contributed by atoms with Crippen LogP contribution in [0, 0.1) is 0 Å². The van der Waals surface area contributed by atoms with Crippen molar-refractivity contribution in [1.82, 2.24) is 15.0 Å². The zero-order valence-electron chi connectivity index (χ0n) is 12.0. The maximum Gasteiger partial charge on any atom is 0.191 e.